The van der Waals surface area contributed by atoms with Crippen molar-refractivity contribution in [1.29, 1.82) is 0 Å². The molecule has 2 amide bonds. The largest absolute Gasteiger partial charge is 0.506 e. The summed E-state index contributed by atoms with van der Waals surface area (Å²) in [5.41, 5.74) is -0.0483. The van der Waals surface area contributed by atoms with Crippen LogP contribution in [0.5, 0.6) is 5.75 Å². The minimum atomic E-state index is -0.663. The lowest BCUT2D eigenvalue weighted by molar-refractivity contribution is -0.123. The van der Waals surface area contributed by atoms with Gasteiger partial charge in [0, 0.05) is 10.6 Å². The highest BCUT2D eigenvalue weighted by atomic mass is 35.5. The van der Waals surface area contributed by atoms with Gasteiger partial charge >= 0.3 is 0 Å². The molecule has 0 bridgehead atoms. The van der Waals surface area contributed by atoms with Gasteiger partial charge in [0.05, 0.1) is 5.02 Å². The van der Waals surface area contributed by atoms with Crippen molar-refractivity contribution in [3.8, 4) is 5.75 Å². The summed E-state index contributed by atoms with van der Waals surface area (Å²) in [4.78, 5) is 23.3. The number of hydrogen-bond donors (Lipinski definition) is 3. The first-order valence-electron chi connectivity index (χ1n) is 4.95. The number of halogens is 2. The molecule has 1 aromatic rings. The molecule has 3 N–H and O–H groups in total. The van der Waals surface area contributed by atoms with Crippen LogP contribution in [0, 0.1) is 0 Å². The monoisotopic (exact) mass is 316 g/mol. The second-order valence-electron chi connectivity index (χ2n) is 3.62. The molecule has 19 heavy (non-hydrogen) atoms. The van der Waals surface area contributed by atoms with Gasteiger partial charge in [-0.1, -0.05) is 23.2 Å². The Morgan fingerprint density at radius 2 is 1.74 bits per heavy atom. The lowest BCUT2D eigenvalue weighted by atomic mass is 10.1. The van der Waals surface area contributed by atoms with Gasteiger partial charge in [0.15, 0.2) is 5.11 Å². The van der Waals surface area contributed by atoms with Gasteiger partial charge in [-0.05, 0) is 30.4 Å². The number of carbonyl (C=O) groups is 2. The highest BCUT2D eigenvalue weighted by Gasteiger charge is 2.26. The lowest BCUT2D eigenvalue weighted by Gasteiger charge is -2.16. The van der Waals surface area contributed by atoms with Crippen molar-refractivity contribution < 1.29 is 14.7 Å². The third-order valence-corrected chi connectivity index (χ3v) is 3.01. The Balaban J connectivity index is 2.49. The van der Waals surface area contributed by atoms with Crippen LogP contribution in [0.2, 0.25) is 10.0 Å². The van der Waals surface area contributed by atoms with E-state index in [2.05, 4.69) is 22.9 Å². The second kappa shape index (κ2) is 5.16. The quantitative estimate of drug-likeness (QED) is 0.418. The fourth-order valence-corrected chi connectivity index (χ4v) is 2.15. The van der Waals surface area contributed by atoms with Crippen molar-refractivity contribution in [2.24, 2.45) is 0 Å². The smallest absolute Gasteiger partial charge is 0.263 e. The van der Waals surface area contributed by atoms with Gasteiger partial charge in [-0.2, -0.15) is 0 Å². The number of rotatable bonds is 1. The summed E-state index contributed by atoms with van der Waals surface area (Å²) >= 11 is 16.2. The van der Waals surface area contributed by atoms with E-state index in [4.69, 9.17) is 23.2 Å². The molecule has 98 valence electrons. The average molecular weight is 317 g/mol. The molecular weight excluding hydrogens is 311 g/mol. The maximum absolute atomic E-state index is 11.6. The van der Waals surface area contributed by atoms with Crippen molar-refractivity contribution in [2.45, 2.75) is 0 Å². The molecule has 5 nitrogen and oxygen atoms in total. The molecule has 0 radical (unpaired) electrons. The topological polar surface area (TPSA) is 78.4 Å². The number of phenolic OH excluding ortho intramolecular Hbond substituents is 1. The highest BCUT2D eigenvalue weighted by Crippen LogP contribution is 2.32. The van der Waals surface area contributed by atoms with Gasteiger partial charge in [-0.3, -0.25) is 20.2 Å². The van der Waals surface area contributed by atoms with Gasteiger partial charge in [0.2, 0.25) is 0 Å². The van der Waals surface area contributed by atoms with Gasteiger partial charge in [-0.15, -0.1) is 0 Å². The number of phenols is 1. The van der Waals surface area contributed by atoms with E-state index in [0.29, 0.717) is 0 Å². The standard InChI is InChI=1S/C11H6Cl2N2O3S/c12-5-1-4(8(16)7(13)3-5)2-6-9(17)14-11(19)15-10(6)18/h1-3,16H,(H2,14,15,17,18,19). The van der Waals surface area contributed by atoms with Crippen LogP contribution in [0.1, 0.15) is 5.56 Å². The third-order valence-electron chi connectivity index (χ3n) is 2.30. The molecule has 0 atom stereocenters. The maximum Gasteiger partial charge on any atom is 0.263 e. The van der Waals surface area contributed by atoms with Crippen LogP contribution >= 0.6 is 35.4 Å². The molecule has 1 aliphatic rings. The molecule has 0 spiro atoms. The van der Waals surface area contributed by atoms with Gasteiger partial charge in [-0.25, -0.2) is 0 Å². The van der Waals surface area contributed by atoms with Crippen LogP contribution in [-0.4, -0.2) is 22.0 Å². The van der Waals surface area contributed by atoms with E-state index in [1.165, 1.54) is 18.2 Å². The third kappa shape index (κ3) is 2.86. The molecule has 1 aromatic carbocycles. The van der Waals surface area contributed by atoms with E-state index in [9.17, 15) is 14.7 Å². The van der Waals surface area contributed by atoms with Crippen molar-refractivity contribution in [3.63, 3.8) is 0 Å². The summed E-state index contributed by atoms with van der Waals surface area (Å²) in [5, 5.41) is 14.5. The summed E-state index contributed by atoms with van der Waals surface area (Å²) in [6.07, 6.45) is 1.18. The van der Waals surface area contributed by atoms with E-state index in [1.54, 1.807) is 0 Å². The molecule has 1 saturated heterocycles. The van der Waals surface area contributed by atoms with Gasteiger partial charge < -0.3 is 5.11 Å². The van der Waals surface area contributed by atoms with Crippen LogP contribution in [0.3, 0.4) is 0 Å². The number of nitrogens with one attached hydrogen (secondary N) is 2. The molecule has 0 saturated carbocycles. The van der Waals surface area contributed by atoms with Crippen LogP contribution in [0.25, 0.3) is 6.08 Å². The van der Waals surface area contributed by atoms with E-state index < -0.39 is 11.8 Å². The Bertz CT molecular complexity index is 621. The van der Waals surface area contributed by atoms with Gasteiger partial charge in [0.1, 0.15) is 11.3 Å². The normalized spacial score (nSPS) is 15.1. The summed E-state index contributed by atoms with van der Waals surface area (Å²) in [5.74, 6) is -1.60. The van der Waals surface area contributed by atoms with Gasteiger partial charge in [0.25, 0.3) is 11.8 Å². The number of thiocarbonyl (C=S) groups is 1. The Labute approximate surface area is 123 Å². The zero-order valence-electron chi connectivity index (χ0n) is 9.16. The first-order valence-corrected chi connectivity index (χ1v) is 6.11. The number of hydrogen-bond acceptors (Lipinski definition) is 4. The van der Waals surface area contributed by atoms with E-state index in [0.717, 1.165) is 0 Å². The first-order chi connectivity index (χ1) is 8.88. The van der Waals surface area contributed by atoms with Crippen LogP contribution in [-0.2, 0) is 9.59 Å². The minimum Gasteiger partial charge on any atom is -0.506 e. The maximum atomic E-state index is 11.6. The average Bonchev–Trinajstić information content (AvgIpc) is 2.29. The van der Waals surface area contributed by atoms with Crippen LogP contribution in [0.4, 0.5) is 0 Å². The first kappa shape index (κ1) is 13.8. The number of amides is 2. The fourth-order valence-electron chi connectivity index (χ4n) is 1.46. The highest BCUT2D eigenvalue weighted by molar-refractivity contribution is 7.80. The van der Waals surface area contributed by atoms with Crippen molar-refractivity contribution in [1.82, 2.24) is 10.6 Å². The van der Waals surface area contributed by atoms with E-state index >= 15 is 0 Å². The van der Waals surface area contributed by atoms with E-state index in [-0.39, 0.29) is 32.0 Å². The van der Waals surface area contributed by atoms with Crippen molar-refractivity contribution >= 4 is 58.4 Å². The SMILES string of the molecule is O=C1NC(=S)NC(=O)C1=Cc1cc(Cl)cc(Cl)c1O. The number of benzene rings is 1. The molecule has 1 aliphatic heterocycles. The molecular formula is C11H6Cl2N2O3S. The second-order valence-corrected chi connectivity index (χ2v) is 4.87. The summed E-state index contributed by atoms with van der Waals surface area (Å²) < 4.78 is 0. The lowest BCUT2D eigenvalue weighted by Crippen LogP contribution is -2.51. The Kier molecular flexibility index (Phi) is 3.75. The minimum absolute atomic E-state index is 0.0199. The van der Waals surface area contributed by atoms with Crippen molar-refractivity contribution in [3.05, 3.63) is 33.3 Å². The summed E-state index contributed by atoms with van der Waals surface area (Å²) in [6, 6.07) is 2.72. The predicted molar refractivity (Wildman–Crippen MR) is 75.0 cm³/mol. The van der Waals surface area contributed by atoms with Crippen molar-refractivity contribution in [2.75, 3.05) is 0 Å². The zero-order chi connectivity index (χ0) is 14.2. The number of carbonyl (C=O) groups excluding carboxylic acids is 2. The summed E-state index contributed by atoms with van der Waals surface area (Å²) in [6.45, 7) is 0. The predicted octanol–water partition coefficient (Wildman–Crippen LogP) is 1.61. The van der Waals surface area contributed by atoms with Crippen LogP contribution < -0.4 is 10.6 Å². The Hall–Kier alpha value is -1.63. The molecule has 2 rings (SSSR count). The molecule has 1 heterocycles. The van der Waals surface area contributed by atoms with Crippen LogP contribution in [0.15, 0.2) is 17.7 Å². The number of aromatic hydroxyl groups is 1. The molecule has 0 aromatic heterocycles. The van der Waals surface area contributed by atoms with E-state index in [1.807, 2.05) is 0 Å². The molecule has 8 heteroatoms. The Morgan fingerprint density at radius 3 is 2.32 bits per heavy atom. The zero-order valence-corrected chi connectivity index (χ0v) is 11.5. The summed E-state index contributed by atoms with van der Waals surface area (Å²) in [7, 11) is 0. The molecule has 1 fully saturated rings. The fraction of sp³-hybridized carbons (Fsp3) is 0. The molecule has 0 aliphatic carbocycles. The molecule has 0 unspecified atom stereocenters. The Morgan fingerprint density at radius 1 is 1.16 bits per heavy atom.